The number of nitrogens with zero attached hydrogens (tertiary/aromatic N) is 3. The number of urea groups is 1. The number of imide groups is 1. The maximum absolute atomic E-state index is 11.9. The summed E-state index contributed by atoms with van der Waals surface area (Å²) in [5, 5.41) is 8.71. The summed E-state index contributed by atoms with van der Waals surface area (Å²) in [6.45, 7) is 3.81. The molecule has 146 valence electrons. The summed E-state index contributed by atoms with van der Waals surface area (Å²) in [5.74, 6) is 0.328. The number of amides is 4. The van der Waals surface area contributed by atoms with E-state index in [-0.39, 0.29) is 30.9 Å². The second-order valence-electron chi connectivity index (χ2n) is 6.22. The predicted molar refractivity (Wildman–Crippen MR) is 102 cm³/mol. The first-order chi connectivity index (χ1) is 12.9. The second kappa shape index (κ2) is 9.56. The summed E-state index contributed by atoms with van der Waals surface area (Å²) in [5.41, 5.74) is 1.60. The van der Waals surface area contributed by atoms with Crippen molar-refractivity contribution >= 4 is 23.8 Å². The van der Waals surface area contributed by atoms with Crippen molar-refractivity contribution in [2.75, 3.05) is 40.3 Å². The summed E-state index contributed by atoms with van der Waals surface area (Å²) in [7, 11) is 3.43. The van der Waals surface area contributed by atoms with Crippen LogP contribution in [0.15, 0.2) is 29.3 Å². The van der Waals surface area contributed by atoms with Crippen LogP contribution in [-0.4, -0.2) is 73.9 Å². The van der Waals surface area contributed by atoms with Gasteiger partial charge in [-0.1, -0.05) is 12.1 Å². The zero-order valence-corrected chi connectivity index (χ0v) is 15.9. The predicted octanol–water partition coefficient (Wildman–Crippen LogP) is -0.00470. The SMILES string of the molecule is CCNC(=NCc1ccc(C(=O)N(C)C)cc1)NCCN1C(=O)CNC1=O. The van der Waals surface area contributed by atoms with Gasteiger partial charge >= 0.3 is 6.03 Å². The molecular weight excluding hydrogens is 348 g/mol. The van der Waals surface area contributed by atoms with Gasteiger partial charge in [0.25, 0.3) is 5.91 Å². The second-order valence-corrected chi connectivity index (χ2v) is 6.22. The smallest absolute Gasteiger partial charge is 0.324 e. The highest BCUT2D eigenvalue weighted by atomic mass is 16.2. The minimum atomic E-state index is -0.365. The van der Waals surface area contributed by atoms with Gasteiger partial charge in [0.05, 0.1) is 13.1 Å². The average Bonchev–Trinajstić information content (AvgIpc) is 2.97. The van der Waals surface area contributed by atoms with Crippen molar-refractivity contribution < 1.29 is 14.4 Å². The fourth-order valence-electron chi connectivity index (χ4n) is 2.49. The van der Waals surface area contributed by atoms with Gasteiger partial charge in [0.2, 0.25) is 5.91 Å². The van der Waals surface area contributed by atoms with Gasteiger partial charge in [-0.25, -0.2) is 9.79 Å². The molecule has 4 amide bonds. The molecule has 1 heterocycles. The molecule has 1 aromatic carbocycles. The Labute approximate surface area is 158 Å². The topological polar surface area (TPSA) is 106 Å². The molecule has 9 nitrogen and oxygen atoms in total. The van der Waals surface area contributed by atoms with Crippen molar-refractivity contribution in [3.63, 3.8) is 0 Å². The molecule has 27 heavy (non-hydrogen) atoms. The van der Waals surface area contributed by atoms with E-state index < -0.39 is 0 Å². The number of carbonyl (C=O) groups excluding carboxylic acids is 3. The lowest BCUT2D eigenvalue weighted by Crippen LogP contribution is -2.43. The first-order valence-corrected chi connectivity index (χ1v) is 8.83. The first kappa shape index (κ1) is 20.2. The van der Waals surface area contributed by atoms with E-state index in [1.807, 2.05) is 19.1 Å². The van der Waals surface area contributed by atoms with Crippen LogP contribution < -0.4 is 16.0 Å². The third-order valence-corrected chi connectivity index (χ3v) is 3.94. The molecule has 9 heteroatoms. The average molecular weight is 374 g/mol. The van der Waals surface area contributed by atoms with Crippen LogP contribution in [0.1, 0.15) is 22.8 Å². The van der Waals surface area contributed by atoms with Gasteiger partial charge in [-0.05, 0) is 24.6 Å². The lowest BCUT2D eigenvalue weighted by Gasteiger charge is -2.15. The number of hydrogen-bond acceptors (Lipinski definition) is 4. The summed E-state index contributed by atoms with van der Waals surface area (Å²) in [4.78, 5) is 42.2. The van der Waals surface area contributed by atoms with Crippen LogP contribution in [-0.2, 0) is 11.3 Å². The molecule has 3 N–H and O–H groups in total. The first-order valence-electron chi connectivity index (χ1n) is 8.83. The Bertz CT molecular complexity index is 698. The highest BCUT2D eigenvalue weighted by Gasteiger charge is 2.27. The molecule has 0 atom stereocenters. The molecule has 0 spiro atoms. The molecule has 2 rings (SSSR count). The maximum Gasteiger partial charge on any atom is 0.324 e. The van der Waals surface area contributed by atoms with Gasteiger partial charge in [0.1, 0.15) is 0 Å². The minimum absolute atomic E-state index is 0.0412. The van der Waals surface area contributed by atoms with Gasteiger partial charge in [0, 0.05) is 39.3 Å². The Morgan fingerprint density at radius 3 is 2.48 bits per heavy atom. The van der Waals surface area contributed by atoms with E-state index >= 15 is 0 Å². The van der Waals surface area contributed by atoms with Gasteiger partial charge in [-0.15, -0.1) is 0 Å². The number of benzene rings is 1. The van der Waals surface area contributed by atoms with Crippen molar-refractivity contribution in [3.8, 4) is 0 Å². The van der Waals surface area contributed by atoms with Crippen LogP contribution in [0.2, 0.25) is 0 Å². The number of carbonyl (C=O) groups is 3. The van der Waals surface area contributed by atoms with Gasteiger partial charge in [-0.3, -0.25) is 14.5 Å². The monoisotopic (exact) mass is 374 g/mol. The standard InChI is InChI=1S/C18H26N6O3/c1-4-19-17(20-9-10-24-15(25)12-22-18(24)27)21-11-13-5-7-14(8-6-13)16(26)23(2)3/h5-8H,4,9-12H2,1-3H3,(H,22,27)(H2,19,20,21). The van der Waals surface area contributed by atoms with E-state index in [0.717, 1.165) is 5.56 Å². The van der Waals surface area contributed by atoms with Crippen LogP contribution >= 0.6 is 0 Å². The van der Waals surface area contributed by atoms with Crippen LogP contribution in [0.4, 0.5) is 4.79 Å². The molecule has 1 aromatic rings. The zero-order valence-electron chi connectivity index (χ0n) is 15.9. The quantitative estimate of drug-likeness (QED) is 0.354. The van der Waals surface area contributed by atoms with Crippen molar-refractivity contribution in [2.45, 2.75) is 13.5 Å². The summed E-state index contributed by atoms with van der Waals surface area (Å²) in [6, 6.07) is 6.95. The molecule has 0 radical (unpaired) electrons. The molecular formula is C18H26N6O3. The van der Waals surface area contributed by atoms with Crippen LogP contribution in [0.3, 0.4) is 0 Å². The van der Waals surface area contributed by atoms with Gasteiger partial charge < -0.3 is 20.9 Å². The summed E-state index contributed by atoms with van der Waals surface area (Å²) >= 11 is 0. The molecule has 1 fully saturated rings. The van der Waals surface area contributed by atoms with E-state index in [2.05, 4.69) is 20.9 Å². The molecule has 0 unspecified atom stereocenters. The van der Waals surface area contributed by atoms with Crippen molar-refractivity contribution in [2.24, 2.45) is 4.99 Å². The van der Waals surface area contributed by atoms with Gasteiger partial charge in [-0.2, -0.15) is 0 Å². The third-order valence-electron chi connectivity index (χ3n) is 3.94. The van der Waals surface area contributed by atoms with Crippen LogP contribution in [0.25, 0.3) is 0 Å². The van der Waals surface area contributed by atoms with Crippen molar-refractivity contribution in [1.29, 1.82) is 0 Å². The highest BCUT2D eigenvalue weighted by molar-refractivity contribution is 6.02. The number of hydrogen-bond donors (Lipinski definition) is 3. The van der Waals surface area contributed by atoms with E-state index in [9.17, 15) is 14.4 Å². The lowest BCUT2D eigenvalue weighted by molar-refractivity contribution is -0.124. The molecule has 0 bridgehead atoms. The normalized spacial score (nSPS) is 14.2. The molecule has 1 aliphatic heterocycles. The molecule has 0 aromatic heterocycles. The minimum Gasteiger partial charge on any atom is -0.357 e. The van der Waals surface area contributed by atoms with Gasteiger partial charge in [0.15, 0.2) is 5.96 Å². The number of nitrogens with one attached hydrogen (secondary N) is 3. The Hall–Kier alpha value is -3.10. The number of guanidine groups is 1. The number of aliphatic imine (C=N–C) groups is 1. The summed E-state index contributed by atoms with van der Waals surface area (Å²) < 4.78 is 0. The highest BCUT2D eigenvalue weighted by Crippen LogP contribution is 2.07. The van der Waals surface area contributed by atoms with Crippen molar-refractivity contribution in [3.05, 3.63) is 35.4 Å². The Morgan fingerprint density at radius 1 is 1.22 bits per heavy atom. The largest absolute Gasteiger partial charge is 0.357 e. The summed E-state index contributed by atoms with van der Waals surface area (Å²) in [6.07, 6.45) is 0. The molecule has 0 aliphatic carbocycles. The molecule has 1 aliphatic rings. The van der Waals surface area contributed by atoms with Crippen LogP contribution in [0.5, 0.6) is 0 Å². The van der Waals surface area contributed by atoms with Crippen LogP contribution in [0, 0.1) is 0 Å². The fraction of sp³-hybridized carbons (Fsp3) is 0.444. The zero-order chi connectivity index (χ0) is 19.8. The van der Waals surface area contributed by atoms with Crippen molar-refractivity contribution in [1.82, 2.24) is 25.8 Å². The van der Waals surface area contributed by atoms with E-state index in [0.29, 0.717) is 31.2 Å². The Kier molecular flexibility index (Phi) is 7.16. The Balaban J connectivity index is 1.89. The maximum atomic E-state index is 11.9. The third kappa shape index (κ3) is 5.70. The fourth-order valence-corrected chi connectivity index (χ4v) is 2.49. The van der Waals surface area contributed by atoms with E-state index in [4.69, 9.17) is 0 Å². The molecule has 1 saturated heterocycles. The lowest BCUT2D eigenvalue weighted by atomic mass is 10.1. The van der Waals surface area contributed by atoms with E-state index in [1.165, 1.54) is 9.80 Å². The molecule has 0 saturated carbocycles. The number of rotatable bonds is 7. The van der Waals surface area contributed by atoms with E-state index in [1.54, 1.807) is 26.2 Å². The Morgan fingerprint density at radius 2 is 1.93 bits per heavy atom.